The Morgan fingerprint density at radius 3 is 1.91 bits per heavy atom. The molecule has 4 heteroatoms. The average Bonchev–Trinajstić information content (AvgIpc) is 2.48. The van der Waals surface area contributed by atoms with Crippen molar-refractivity contribution in [3.05, 3.63) is 35.4 Å². The van der Waals surface area contributed by atoms with Gasteiger partial charge in [-0.15, -0.1) is 0 Å². The maximum absolute atomic E-state index is 10.4. The molecule has 0 aromatic heterocycles. The van der Waals surface area contributed by atoms with Crippen LogP contribution in [0, 0.1) is 0 Å². The third-order valence-electron chi connectivity index (χ3n) is 2.24. The van der Waals surface area contributed by atoms with Crippen LogP contribution in [0.3, 0.4) is 0 Å². The number of nitrogens with one attached hydrogen (secondary N) is 1. The first kappa shape index (κ1) is 24.4. The topological polar surface area (TPSA) is 38.3 Å². The molecule has 0 aliphatic heterocycles. The number of carbonyl (C=O) groups excluding carboxylic acids is 1. The van der Waals surface area contributed by atoms with E-state index in [0.717, 1.165) is 18.4 Å². The van der Waals surface area contributed by atoms with Gasteiger partial charge in [0.2, 0.25) is 0 Å². The van der Waals surface area contributed by atoms with Gasteiger partial charge >= 0.3 is 0 Å². The Bertz CT molecular complexity index is 383. The first-order valence-electron chi connectivity index (χ1n) is 8.17. The van der Waals surface area contributed by atoms with Gasteiger partial charge in [0.05, 0.1) is 6.10 Å². The molecule has 0 unspecified atom stereocenters. The lowest BCUT2D eigenvalue weighted by Gasteiger charge is -2.17. The second-order valence-corrected chi connectivity index (χ2v) is 8.10. The largest absolute Gasteiger partial charge is 0.382 e. The highest BCUT2D eigenvalue weighted by molar-refractivity contribution is 7.98. The predicted molar refractivity (Wildman–Crippen MR) is 104 cm³/mol. The molecule has 0 heterocycles. The Balaban J connectivity index is 0. The summed E-state index contributed by atoms with van der Waals surface area (Å²) in [5.74, 6) is 0. The third kappa shape index (κ3) is 19.1. The Labute approximate surface area is 147 Å². The zero-order chi connectivity index (χ0) is 18.3. The lowest BCUT2D eigenvalue weighted by molar-refractivity contribution is 0.112. The lowest BCUT2D eigenvalue weighted by Crippen LogP contribution is -2.16. The molecule has 1 rings (SSSR count). The van der Waals surface area contributed by atoms with Crippen LogP contribution in [0.1, 0.15) is 70.8 Å². The first-order valence-corrected chi connectivity index (χ1v) is 8.99. The quantitative estimate of drug-likeness (QED) is 0.567. The zero-order valence-electron chi connectivity index (χ0n) is 16.1. The molecule has 0 saturated heterocycles. The van der Waals surface area contributed by atoms with E-state index < -0.39 is 0 Å². The van der Waals surface area contributed by atoms with Gasteiger partial charge in [0.1, 0.15) is 6.29 Å². The summed E-state index contributed by atoms with van der Waals surface area (Å²) in [6.45, 7) is 15.6. The molecular formula is C19H35NO2S. The highest BCUT2D eigenvalue weighted by Crippen LogP contribution is 2.19. The van der Waals surface area contributed by atoms with Crippen LogP contribution in [-0.2, 0) is 11.3 Å². The number of hydrogen-bond donors (Lipinski definition) is 1. The molecule has 0 fully saturated rings. The van der Waals surface area contributed by atoms with Crippen molar-refractivity contribution in [1.82, 2.24) is 4.72 Å². The van der Waals surface area contributed by atoms with Crippen LogP contribution >= 0.6 is 11.9 Å². The number of ether oxygens (including phenoxy) is 1. The van der Waals surface area contributed by atoms with Crippen molar-refractivity contribution in [2.24, 2.45) is 0 Å². The van der Waals surface area contributed by atoms with Gasteiger partial charge in [0.25, 0.3) is 0 Å². The normalized spacial score (nSPS) is 10.3. The maximum Gasteiger partial charge on any atom is 0.150 e. The van der Waals surface area contributed by atoms with Gasteiger partial charge in [-0.3, -0.25) is 9.52 Å². The van der Waals surface area contributed by atoms with Crippen molar-refractivity contribution in [3.63, 3.8) is 0 Å². The van der Waals surface area contributed by atoms with Gasteiger partial charge < -0.3 is 4.74 Å². The number of hydrogen-bond acceptors (Lipinski definition) is 4. The number of methoxy groups -OCH3 is 1. The van der Waals surface area contributed by atoms with Crippen LogP contribution in [0.25, 0.3) is 0 Å². The van der Waals surface area contributed by atoms with E-state index in [1.807, 2.05) is 38.1 Å². The Morgan fingerprint density at radius 2 is 1.61 bits per heavy atom. The van der Waals surface area contributed by atoms with Crippen molar-refractivity contribution in [1.29, 1.82) is 0 Å². The summed E-state index contributed by atoms with van der Waals surface area (Å²) in [6.07, 6.45) is 2.50. The summed E-state index contributed by atoms with van der Waals surface area (Å²) < 4.78 is 8.28. The minimum atomic E-state index is 0.225. The highest BCUT2D eigenvalue weighted by Gasteiger charge is 2.09. The molecule has 1 aromatic rings. The Kier molecular flexibility index (Phi) is 15.6. The molecule has 0 aliphatic carbocycles. The highest BCUT2D eigenvalue weighted by atomic mass is 32.2. The molecule has 1 aromatic carbocycles. The van der Waals surface area contributed by atoms with Crippen LogP contribution in [0.15, 0.2) is 24.3 Å². The van der Waals surface area contributed by atoms with Crippen molar-refractivity contribution in [2.45, 2.75) is 72.3 Å². The zero-order valence-corrected chi connectivity index (χ0v) is 16.9. The Morgan fingerprint density at radius 1 is 1.17 bits per heavy atom. The van der Waals surface area contributed by atoms with E-state index >= 15 is 0 Å². The van der Waals surface area contributed by atoms with Crippen LogP contribution in [0.2, 0.25) is 0 Å². The molecule has 0 aliphatic rings. The number of rotatable bonds is 5. The van der Waals surface area contributed by atoms with Gasteiger partial charge in [-0.1, -0.05) is 56.5 Å². The minimum Gasteiger partial charge on any atom is -0.382 e. The number of benzene rings is 1. The van der Waals surface area contributed by atoms with E-state index in [4.69, 9.17) is 4.74 Å². The second-order valence-electron chi connectivity index (χ2n) is 6.39. The van der Waals surface area contributed by atoms with Gasteiger partial charge in [-0.2, -0.15) is 0 Å². The molecule has 134 valence electrons. The van der Waals surface area contributed by atoms with Crippen molar-refractivity contribution in [2.75, 3.05) is 7.11 Å². The van der Waals surface area contributed by atoms with Crippen LogP contribution in [0.5, 0.6) is 0 Å². The smallest absolute Gasteiger partial charge is 0.150 e. The SMILES string of the molecule is CC(C)(C)SNCc1ccc(C=O)cc1.CCC.COC(C)C. The van der Waals surface area contributed by atoms with Gasteiger partial charge in [0, 0.05) is 24.0 Å². The van der Waals surface area contributed by atoms with Crippen molar-refractivity contribution >= 4 is 18.2 Å². The van der Waals surface area contributed by atoms with E-state index in [-0.39, 0.29) is 4.75 Å². The Hall–Kier alpha value is -0.840. The standard InChI is InChI=1S/C12H17NOS.C4H10O.C3H8/c1-12(2,3)15-13-8-10-4-6-11(9-14)7-5-10;1-4(2)5-3;1-3-2/h4-7,9,13H,8H2,1-3H3;4H,1-3H3;3H2,1-2H3. The van der Waals surface area contributed by atoms with Crippen molar-refractivity contribution < 1.29 is 9.53 Å². The fraction of sp³-hybridized carbons (Fsp3) is 0.632. The fourth-order valence-electron chi connectivity index (χ4n) is 1.05. The monoisotopic (exact) mass is 341 g/mol. The van der Waals surface area contributed by atoms with Gasteiger partial charge in [-0.25, -0.2) is 0 Å². The molecule has 0 saturated carbocycles. The van der Waals surface area contributed by atoms with Gasteiger partial charge in [-0.05, 0) is 40.2 Å². The summed E-state index contributed by atoms with van der Waals surface area (Å²) in [4.78, 5) is 10.4. The van der Waals surface area contributed by atoms with Crippen LogP contribution < -0.4 is 4.72 Å². The van der Waals surface area contributed by atoms with E-state index in [1.165, 1.54) is 12.0 Å². The summed E-state index contributed by atoms with van der Waals surface area (Å²) >= 11 is 1.72. The van der Waals surface area contributed by atoms with Gasteiger partial charge in [0.15, 0.2) is 0 Å². The third-order valence-corrected chi connectivity index (χ3v) is 3.14. The molecule has 1 N–H and O–H groups in total. The number of carbonyl (C=O) groups is 1. The van der Waals surface area contributed by atoms with Crippen molar-refractivity contribution in [3.8, 4) is 0 Å². The molecule has 0 atom stereocenters. The number of aldehydes is 1. The molecule has 0 amide bonds. The molecule has 23 heavy (non-hydrogen) atoms. The average molecular weight is 342 g/mol. The van der Waals surface area contributed by atoms with Crippen LogP contribution in [0.4, 0.5) is 0 Å². The molecule has 0 spiro atoms. The molecule has 3 nitrogen and oxygen atoms in total. The summed E-state index contributed by atoms with van der Waals surface area (Å²) in [5, 5.41) is 0. The van der Waals surface area contributed by atoms with E-state index in [0.29, 0.717) is 6.10 Å². The van der Waals surface area contributed by atoms with E-state index in [1.54, 1.807) is 19.1 Å². The lowest BCUT2D eigenvalue weighted by atomic mass is 10.1. The first-order chi connectivity index (χ1) is 10.7. The fourth-order valence-corrected chi connectivity index (χ4v) is 1.72. The summed E-state index contributed by atoms with van der Waals surface area (Å²) in [7, 11) is 1.70. The molecular weight excluding hydrogens is 306 g/mol. The minimum absolute atomic E-state index is 0.225. The second kappa shape index (κ2) is 14.7. The summed E-state index contributed by atoms with van der Waals surface area (Å²) in [6, 6.07) is 7.62. The van der Waals surface area contributed by atoms with Crippen LogP contribution in [-0.4, -0.2) is 24.2 Å². The maximum atomic E-state index is 10.4. The molecule has 0 bridgehead atoms. The predicted octanol–water partition coefficient (Wildman–Crippen LogP) is 5.49. The summed E-state index contributed by atoms with van der Waals surface area (Å²) in [5.41, 5.74) is 1.92. The molecule has 0 radical (unpaired) electrons. The van der Waals surface area contributed by atoms with E-state index in [9.17, 15) is 4.79 Å². The van der Waals surface area contributed by atoms with E-state index in [2.05, 4.69) is 39.3 Å².